The Labute approximate surface area is 122 Å². The summed E-state index contributed by atoms with van der Waals surface area (Å²) < 4.78 is 5.20. The molecule has 0 aliphatic carbocycles. The van der Waals surface area contributed by atoms with Crippen LogP contribution in [-0.2, 0) is 0 Å². The zero-order chi connectivity index (χ0) is 14.5. The Hall–Kier alpha value is -2.95. The second kappa shape index (κ2) is 6.00. The van der Waals surface area contributed by atoms with Crippen molar-refractivity contribution >= 4 is 22.8 Å². The second-order valence-electron chi connectivity index (χ2n) is 4.37. The molecule has 0 unspecified atom stereocenters. The lowest BCUT2D eigenvalue weighted by Crippen LogP contribution is -1.94. The Morgan fingerprint density at radius 2 is 2.05 bits per heavy atom. The van der Waals surface area contributed by atoms with Crippen LogP contribution in [0.5, 0.6) is 5.75 Å². The maximum atomic E-state index is 5.20. The minimum absolute atomic E-state index is 0.782. The van der Waals surface area contributed by atoms with Gasteiger partial charge >= 0.3 is 0 Å². The number of hydrogen-bond acceptors (Lipinski definition) is 5. The fraction of sp³-hybridized carbons (Fsp3) is 0.0625. The molecule has 1 N–H and O–H groups in total. The minimum atomic E-state index is 0.782. The summed E-state index contributed by atoms with van der Waals surface area (Å²) in [6.45, 7) is 0. The largest absolute Gasteiger partial charge is 0.497 e. The van der Waals surface area contributed by atoms with E-state index >= 15 is 0 Å². The van der Waals surface area contributed by atoms with E-state index in [0.29, 0.717) is 0 Å². The Kier molecular flexibility index (Phi) is 3.73. The van der Waals surface area contributed by atoms with E-state index in [2.05, 4.69) is 20.5 Å². The highest BCUT2D eigenvalue weighted by atomic mass is 16.5. The number of fused-ring (bicyclic) bond motifs is 1. The van der Waals surface area contributed by atoms with Crippen LogP contribution in [0.3, 0.4) is 0 Å². The van der Waals surface area contributed by atoms with Crippen molar-refractivity contribution in [2.24, 2.45) is 5.10 Å². The molecule has 1 aromatic carbocycles. The summed E-state index contributed by atoms with van der Waals surface area (Å²) in [7, 11) is 1.64. The monoisotopic (exact) mass is 278 g/mol. The molecule has 3 rings (SSSR count). The van der Waals surface area contributed by atoms with Crippen LogP contribution >= 0.6 is 0 Å². The first-order chi connectivity index (χ1) is 10.4. The number of ether oxygens (including phenoxy) is 1. The van der Waals surface area contributed by atoms with Crippen LogP contribution in [0.15, 0.2) is 60.0 Å². The highest BCUT2D eigenvalue weighted by Crippen LogP contribution is 2.25. The number of hydrazone groups is 1. The predicted molar refractivity (Wildman–Crippen MR) is 83.7 cm³/mol. The number of nitrogens with one attached hydrogen (secondary N) is 1. The van der Waals surface area contributed by atoms with Gasteiger partial charge in [-0.1, -0.05) is 6.07 Å². The van der Waals surface area contributed by atoms with Crippen molar-refractivity contribution < 1.29 is 4.74 Å². The number of pyridine rings is 2. The summed E-state index contributed by atoms with van der Waals surface area (Å²) in [4.78, 5) is 8.51. The third-order valence-corrected chi connectivity index (χ3v) is 3.02. The molecule has 5 heteroatoms. The minimum Gasteiger partial charge on any atom is -0.497 e. The molecular formula is C16H14N4O. The fourth-order valence-electron chi connectivity index (χ4n) is 1.97. The topological polar surface area (TPSA) is 59.4 Å². The molecule has 3 aromatic rings. The quantitative estimate of drug-likeness (QED) is 0.588. The molecule has 0 amide bonds. The highest BCUT2D eigenvalue weighted by Gasteiger charge is 2.02. The van der Waals surface area contributed by atoms with Gasteiger partial charge in [0.05, 0.1) is 30.2 Å². The Morgan fingerprint density at radius 3 is 2.86 bits per heavy atom. The lowest BCUT2D eigenvalue weighted by atomic mass is 10.2. The van der Waals surface area contributed by atoms with Crippen molar-refractivity contribution in [3.8, 4) is 5.75 Å². The van der Waals surface area contributed by atoms with E-state index in [0.717, 1.165) is 28.0 Å². The van der Waals surface area contributed by atoms with Gasteiger partial charge < -0.3 is 4.74 Å². The molecular weight excluding hydrogens is 264 g/mol. The number of benzene rings is 1. The first-order valence-electron chi connectivity index (χ1n) is 6.50. The van der Waals surface area contributed by atoms with Crippen LogP contribution in [0.2, 0.25) is 0 Å². The van der Waals surface area contributed by atoms with E-state index in [-0.39, 0.29) is 0 Å². The van der Waals surface area contributed by atoms with Crippen molar-refractivity contribution in [1.82, 2.24) is 9.97 Å². The van der Waals surface area contributed by atoms with Gasteiger partial charge in [0.2, 0.25) is 0 Å². The number of anilines is 1. The van der Waals surface area contributed by atoms with Crippen LogP contribution in [-0.4, -0.2) is 23.3 Å². The van der Waals surface area contributed by atoms with Crippen molar-refractivity contribution in [1.29, 1.82) is 0 Å². The SMILES string of the molecule is COc1ccc2c(NN=Cc3ccccn3)ccnc2c1. The Morgan fingerprint density at radius 1 is 1.10 bits per heavy atom. The van der Waals surface area contributed by atoms with E-state index in [9.17, 15) is 0 Å². The molecule has 0 saturated carbocycles. The van der Waals surface area contributed by atoms with E-state index in [4.69, 9.17) is 4.74 Å². The lowest BCUT2D eigenvalue weighted by Gasteiger charge is -2.06. The van der Waals surface area contributed by atoms with Gasteiger partial charge in [-0.15, -0.1) is 0 Å². The Bertz CT molecular complexity index is 772. The Balaban J connectivity index is 1.85. The zero-order valence-electron chi connectivity index (χ0n) is 11.5. The van der Waals surface area contributed by atoms with Gasteiger partial charge in [0.15, 0.2) is 0 Å². The zero-order valence-corrected chi connectivity index (χ0v) is 11.5. The van der Waals surface area contributed by atoms with Crippen molar-refractivity contribution in [3.63, 3.8) is 0 Å². The van der Waals surface area contributed by atoms with Crippen LogP contribution in [0.4, 0.5) is 5.69 Å². The number of methoxy groups -OCH3 is 1. The van der Waals surface area contributed by atoms with Crippen molar-refractivity contribution in [2.75, 3.05) is 12.5 Å². The molecule has 2 heterocycles. The third kappa shape index (κ3) is 2.97. The highest BCUT2D eigenvalue weighted by molar-refractivity contribution is 5.92. The predicted octanol–water partition coefficient (Wildman–Crippen LogP) is 3.08. The lowest BCUT2D eigenvalue weighted by molar-refractivity contribution is 0.415. The van der Waals surface area contributed by atoms with E-state index < -0.39 is 0 Å². The normalized spacial score (nSPS) is 10.9. The summed E-state index contributed by atoms with van der Waals surface area (Å²) in [5.41, 5.74) is 5.56. The smallest absolute Gasteiger partial charge is 0.121 e. The maximum absolute atomic E-state index is 5.20. The summed E-state index contributed by atoms with van der Waals surface area (Å²) in [6.07, 6.45) is 5.14. The average molecular weight is 278 g/mol. The summed E-state index contributed by atoms with van der Waals surface area (Å²) in [6, 6.07) is 13.3. The molecule has 5 nitrogen and oxygen atoms in total. The summed E-state index contributed by atoms with van der Waals surface area (Å²) in [5.74, 6) is 0.782. The van der Waals surface area contributed by atoms with Crippen LogP contribution in [0.25, 0.3) is 10.9 Å². The summed E-state index contributed by atoms with van der Waals surface area (Å²) in [5, 5.41) is 5.19. The standard InChI is InChI=1S/C16H14N4O/c1-21-13-5-6-14-15(7-9-18-16(14)10-13)20-19-11-12-4-2-3-8-17-12/h2-11H,1H3,(H,18,20). The molecule has 0 atom stereocenters. The van der Waals surface area contributed by atoms with Crippen molar-refractivity contribution in [2.45, 2.75) is 0 Å². The van der Waals surface area contributed by atoms with E-state index in [1.807, 2.05) is 42.5 Å². The van der Waals surface area contributed by atoms with Crippen LogP contribution < -0.4 is 10.2 Å². The molecule has 0 aliphatic rings. The van der Waals surface area contributed by atoms with E-state index in [1.54, 1.807) is 25.7 Å². The second-order valence-corrected chi connectivity index (χ2v) is 4.37. The molecule has 0 radical (unpaired) electrons. The van der Waals surface area contributed by atoms with Gasteiger partial charge in [0.25, 0.3) is 0 Å². The van der Waals surface area contributed by atoms with Gasteiger partial charge in [-0.2, -0.15) is 5.10 Å². The fourth-order valence-corrected chi connectivity index (χ4v) is 1.97. The third-order valence-electron chi connectivity index (χ3n) is 3.02. The van der Waals surface area contributed by atoms with Gasteiger partial charge in [0.1, 0.15) is 5.75 Å². The van der Waals surface area contributed by atoms with Crippen LogP contribution in [0.1, 0.15) is 5.69 Å². The molecule has 2 aromatic heterocycles. The molecule has 0 fully saturated rings. The first-order valence-corrected chi connectivity index (χ1v) is 6.50. The average Bonchev–Trinajstić information content (AvgIpc) is 2.55. The number of aromatic nitrogens is 2. The molecule has 0 aliphatic heterocycles. The maximum Gasteiger partial charge on any atom is 0.121 e. The van der Waals surface area contributed by atoms with Gasteiger partial charge in [-0.3, -0.25) is 15.4 Å². The molecule has 0 saturated heterocycles. The first kappa shape index (κ1) is 13.1. The molecule has 0 spiro atoms. The van der Waals surface area contributed by atoms with Gasteiger partial charge in [-0.25, -0.2) is 0 Å². The number of hydrogen-bond donors (Lipinski definition) is 1. The summed E-state index contributed by atoms with van der Waals surface area (Å²) >= 11 is 0. The molecule has 0 bridgehead atoms. The number of rotatable bonds is 4. The number of nitrogens with zero attached hydrogens (tertiary/aromatic N) is 3. The van der Waals surface area contributed by atoms with Gasteiger partial charge in [0, 0.05) is 23.8 Å². The molecule has 21 heavy (non-hydrogen) atoms. The van der Waals surface area contributed by atoms with E-state index in [1.165, 1.54) is 0 Å². The molecule has 104 valence electrons. The van der Waals surface area contributed by atoms with Crippen LogP contribution in [0, 0.1) is 0 Å². The van der Waals surface area contributed by atoms with Gasteiger partial charge in [-0.05, 0) is 30.3 Å². The van der Waals surface area contributed by atoms with Crippen molar-refractivity contribution in [3.05, 3.63) is 60.6 Å².